The molecule has 23 heavy (non-hydrogen) atoms. The molecule has 0 spiro atoms. The molecule has 1 atom stereocenters. The zero-order valence-corrected chi connectivity index (χ0v) is 13.1. The maximum absolute atomic E-state index is 12.9. The average Bonchev–Trinajstić information content (AvgIpc) is 3.04. The molecule has 0 heterocycles. The second kappa shape index (κ2) is 8.62. The van der Waals surface area contributed by atoms with Gasteiger partial charge in [0.05, 0.1) is 12.0 Å². The van der Waals surface area contributed by atoms with Gasteiger partial charge in [-0.1, -0.05) is 25.0 Å². The van der Waals surface area contributed by atoms with E-state index < -0.39 is 11.8 Å². The molecule has 3 N–H and O–H groups in total. The van der Waals surface area contributed by atoms with Crippen molar-refractivity contribution < 1.29 is 18.7 Å². The van der Waals surface area contributed by atoms with Crippen LogP contribution in [0.15, 0.2) is 24.3 Å². The number of rotatable bonds is 8. The summed E-state index contributed by atoms with van der Waals surface area (Å²) in [5.74, 6) is -1.61. The maximum Gasteiger partial charge on any atom is 0.246 e. The van der Waals surface area contributed by atoms with E-state index in [0.29, 0.717) is 6.42 Å². The van der Waals surface area contributed by atoms with Crippen LogP contribution in [-0.4, -0.2) is 31.1 Å². The van der Waals surface area contributed by atoms with Gasteiger partial charge in [-0.3, -0.25) is 9.59 Å². The van der Waals surface area contributed by atoms with Crippen LogP contribution in [0, 0.1) is 11.7 Å². The smallest absolute Gasteiger partial charge is 0.246 e. The fourth-order valence-corrected chi connectivity index (χ4v) is 2.71. The first kappa shape index (κ1) is 17.4. The minimum absolute atomic E-state index is 0.00664. The highest BCUT2D eigenvalue weighted by Crippen LogP contribution is 2.20. The van der Waals surface area contributed by atoms with Gasteiger partial charge in [-0.2, -0.15) is 0 Å². The number of primary amides is 1. The number of hydrogen-bond donors (Lipinski definition) is 2. The Morgan fingerprint density at radius 3 is 2.52 bits per heavy atom. The van der Waals surface area contributed by atoms with Crippen molar-refractivity contribution in [2.24, 2.45) is 11.7 Å². The van der Waals surface area contributed by atoms with E-state index in [4.69, 9.17) is 10.5 Å². The molecule has 0 bridgehead atoms. The molecule has 2 amide bonds. The van der Waals surface area contributed by atoms with E-state index in [-0.39, 0.29) is 31.0 Å². The van der Waals surface area contributed by atoms with E-state index >= 15 is 0 Å². The molecule has 6 heteroatoms. The topological polar surface area (TPSA) is 81.4 Å². The third kappa shape index (κ3) is 5.98. The minimum atomic E-state index is -0.532. The number of amides is 2. The number of carbonyl (C=O) groups is 2. The molecule has 126 valence electrons. The Morgan fingerprint density at radius 1 is 1.26 bits per heavy atom. The largest absolute Gasteiger partial charge is 0.369 e. The van der Waals surface area contributed by atoms with E-state index in [1.165, 1.54) is 12.1 Å². The van der Waals surface area contributed by atoms with Gasteiger partial charge in [0.25, 0.3) is 0 Å². The van der Waals surface area contributed by atoms with Gasteiger partial charge in [0.2, 0.25) is 11.8 Å². The van der Waals surface area contributed by atoms with Crippen molar-refractivity contribution in [2.75, 3.05) is 13.2 Å². The first-order valence-corrected chi connectivity index (χ1v) is 7.96. The number of halogens is 1. The van der Waals surface area contributed by atoms with E-state index in [1.54, 1.807) is 12.1 Å². The lowest BCUT2D eigenvalue weighted by Crippen LogP contribution is -2.39. The zero-order chi connectivity index (χ0) is 16.7. The summed E-state index contributed by atoms with van der Waals surface area (Å²) >= 11 is 0. The molecule has 0 saturated heterocycles. The van der Waals surface area contributed by atoms with Gasteiger partial charge in [-0.05, 0) is 37.0 Å². The number of nitrogens with one attached hydrogen (secondary N) is 1. The van der Waals surface area contributed by atoms with Crippen molar-refractivity contribution >= 4 is 11.8 Å². The fraction of sp³-hybridized carbons (Fsp3) is 0.529. The summed E-state index contributed by atoms with van der Waals surface area (Å²) in [4.78, 5) is 23.3. The van der Waals surface area contributed by atoms with Crippen molar-refractivity contribution in [3.05, 3.63) is 35.6 Å². The van der Waals surface area contributed by atoms with Crippen LogP contribution in [0.5, 0.6) is 0 Å². The van der Waals surface area contributed by atoms with Crippen molar-refractivity contribution in [3.8, 4) is 0 Å². The Bertz CT molecular complexity index is 527. The minimum Gasteiger partial charge on any atom is -0.369 e. The normalized spacial score (nSPS) is 16.2. The fourth-order valence-electron chi connectivity index (χ4n) is 2.71. The molecular weight excluding hydrogens is 299 g/mol. The van der Waals surface area contributed by atoms with Gasteiger partial charge in [0, 0.05) is 6.54 Å². The van der Waals surface area contributed by atoms with Gasteiger partial charge < -0.3 is 15.8 Å². The Labute approximate surface area is 135 Å². The van der Waals surface area contributed by atoms with Crippen LogP contribution in [0.1, 0.15) is 31.2 Å². The second-order valence-corrected chi connectivity index (χ2v) is 5.95. The van der Waals surface area contributed by atoms with E-state index in [9.17, 15) is 14.0 Å². The van der Waals surface area contributed by atoms with Gasteiger partial charge in [-0.15, -0.1) is 0 Å². The number of carbonyl (C=O) groups excluding carboxylic acids is 2. The third-order valence-electron chi connectivity index (χ3n) is 4.10. The first-order chi connectivity index (χ1) is 11.0. The van der Waals surface area contributed by atoms with Crippen molar-refractivity contribution in [2.45, 2.75) is 38.2 Å². The Hall–Kier alpha value is -1.95. The van der Waals surface area contributed by atoms with Crippen molar-refractivity contribution in [1.82, 2.24) is 5.32 Å². The van der Waals surface area contributed by atoms with Gasteiger partial charge in [0.15, 0.2) is 0 Å². The second-order valence-electron chi connectivity index (χ2n) is 5.95. The first-order valence-electron chi connectivity index (χ1n) is 7.96. The summed E-state index contributed by atoms with van der Waals surface area (Å²) in [6.07, 6.45) is 4.83. The molecule has 1 aliphatic rings. The summed E-state index contributed by atoms with van der Waals surface area (Å²) < 4.78 is 18.4. The molecule has 1 aromatic carbocycles. The van der Waals surface area contributed by atoms with Gasteiger partial charge >= 0.3 is 0 Å². The van der Waals surface area contributed by atoms with Crippen molar-refractivity contribution in [1.29, 1.82) is 0 Å². The summed E-state index contributed by atoms with van der Waals surface area (Å²) in [7, 11) is 0. The SMILES string of the molecule is NC(=O)[C@H](CNC(=O)COC1CCCC1)Cc1ccc(F)cc1. The molecule has 0 aliphatic heterocycles. The summed E-state index contributed by atoms with van der Waals surface area (Å²) in [6.45, 7) is 0.159. The third-order valence-corrected chi connectivity index (χ3v) is 4.10. The van der Waals surface area contributed by atoms with E-state index in [1.807, 2.05) is 0 Å². The average molecular weight is 322 g/mol. The summed E-state index contributed by atoms with van der Waals surface area (Å²) in [6, 6.07) is 5.88. The monoisotopic (exact) mass is 322 g/mol. The quantitative estimate of drug-likeness (QED) is 0.762. The Morgan fingerprint density at radius 2 is 1.91 bits per heavy atom. The molecular formula is C17H23FN2O3. The highest BCUT2D eigenvalue weighted by atomic mass is 19.1. The highest BCUT2D eigenvalue weighted by Gasteiger charge is 2.19. The van der Waals surface area contributed by atoms with Gasteiger partial charge in [-0.25, -0.2) is 4.39 Å². The van der Waals surface area contributed by atoms with Gasteiger partial charge in [0.1, 0.15) is 12.4 Å². The maximum atomic E-state index is 12.9. The van der Waals surface area contributed by atoms with Crippen LogP contribution >= 0.6 is 0 Å². The predicted octanol–water partition coefficient (Wildman–Crippen LogP) is 1.55. The standard InChI is InChI=1S/C17H23FN2O3/c18-14-7-5-12(6-8-14)9-13(17(19)22)10-20-16(21)11-23-15-3-1-2-4-15/h5-8,13,15H,1-4,9-11H2,(H2,19,22)(H,20,21)/t13-/m0/s1. The van der Waals surface area contributed by atoms with E-state index in [2.05, 4.69) is 5.32 Å². The molecule has 0 unspecified atom stereocenters. The zero-order valence-electron chi connectivity index (χ0n) is 13.1. The van der Waals surface area contributed by atoms with Crippen LogP contribution in [0.4, 0.5) is 4.39 Å². The lowest BCUT2D eigenvalue weighted by Gasteiger charge is -2.15. The molecule has 2 rings (SSSR count). The van der Waals surface area contributed by atoms with E-state index in [0.717, 1.165) is 31.2 Å². The molecule has 5 nitrogen and oxygen atoms in total. The number of nitrogens with two attached hydrogens (primary N) is 1. The summed E-state index contributed by atoms with van der Waals surface area (Å²) in [5, 5.41) is 2.68. The highest BCUT2D eigenvalue weighted by molar-refractivity contribution is 5.80. The Balaban J connectivity index is 1.76. The summed E-state index contributed by atoms with van der Waals surface area (Å²) in [5.41, 5.74) is 6.18. The Kier molecular flexibility index (Phi) is 6.52. The number of ether oxygens (including phenoxy) is 1. The predicted molar refractivity (Wildman–Crippen MR) is 84.0 cm³/mol. The van der Waals surface area contributed by atoms with Crippen LogP contribution in [0.3, 0.4) is 0 Å². The number of hydrogen-bond acceptors (Lipinski definition) is 3. The lowest BCUT2D eigenvalue weighted by atomic mass is 9.98. The molecule has 0 radical (unpaired) electrons. The van der Waals surface area contributed by atoms with Crippen LogP contribution < -0.4 is 11.1 Å². The molecule has 0 aromatic heterocycles. The molecule has 1 fully saturated rings. The van der Waals surface area contributed by atoms with Crippen LogP contribution in [0.25, 0.3) is 0 Å². The van der Waals surface area contributed by atoms with Crippen molar-refractivity contribution in [3.63, 3.8) is 0 Å². The number of benzene rings is 1. The van der Waals surface area contributed by atoms with Crippen LogP contribution in [0.2, 0.25) is 0 Å². The molecule has 1 saturated carbocycles. The molecule has 1 aliphatic carbocycles. The lowest BCUT2D eigenvalue weighted by molar-refractivity contribution is -0.128. The molecule has 1 aromatic rings. The van der Waals surface area contributed by atoms with Crippen LogP contribution in [-0.2, 0) is 20.7 Å².